The number of pyridine rings is 1. The van der Waals surface area contributed by atoms with Crippen molar-refractivity contribution in [2.24, 2.45) is 0 Å². The molecule has 0 atom stereocenters. The van der Waals surface area contributed by atoms with Gasteiger partial charge in [-0.25, -0.2) is 4.98 Å². The molecule has 2 aromatic rings. The molecule has 0 aliphatic rings. The molecule has 0 aliphatic heterocycles. The molecule has 0 saturated carbocycles. The molecule has 0 unspecified atom stereocenters. The molecule has 4 heteroatoms. The first-order chi connectivity index (χ1) is 4.86. The Morgan fingerprint density at radius 1 is 1.50 bits per heavy atom. The first kappa shape index (κ1) is 5.73. The number of hydrogen-bond donors (Lipinski definition) is 1. The van der Waals surface area contributed by atoms with E-state index in [0.29, 0.717) is 5.65 Å². The third-order valence-electron chi connectivity index (χ3n) is 1.20. The summed E-state index contributed by atoms with van der Waals surface area (Å²) in [7, 11) is 0. The SMILES string of the molecule is Sc1cnc2nocc2c1. The Bertz CT molecular complexity index is 357. The fourth-order valence-electron chi connectivity index (χ4n) is 0.759. The van der Waals surface area contributed by atoms with Crippen LogP contribution in [-0.4, -0.2) is 10.1 Å². The molecule has 0 amide bonds. The second kappa shape index (κ2) is 1.98. The molecule has 10 heavy (non-hydrogen) atoms. The quantitative estimate of drug-likeness (QED) is 0.581. The van der Waals surface area contributed by atoms with Crippen molar-refractivity contribution < 1.29 is 4.52 Å². The van der Waals surface area contributed by atoms with Crippen molar-refractivity contribution in [1.82, 2.24) is 10.1 Å². The summed E-state index contributed by atoms with van der Waals surface area (Å²) >= 11 is 4.10. The van der Waals surface area contributed by atoms with E-state index in [1.165, 1.54) is 0 Å². The molecule has 50 valence electrons. The smallest absolute Gasteiger partial charge is 0.202 e. The van der Waals surface area contributed by atoms with Gasteiger partial charge in [-0.3, -0.25) is 0 Å². The molecule has 2 heterocycles. The maximum Gasteiger partial charge on any atom is 0.202 e. The first-order valence-corrected chi connectivity index (χ1v) is 3.20. The van der Waals surface area contributed by atoms with E-state index in [1.54, 1.807) is 12.5 Å². The molecular formula is C6H4N2OS. The lowest BCUT2D eigenvalue weighted by Crippen LogP contribution is -1.74. The summed E-state index contributed by atoms with van der Waals surface area (Å²) in [5, 5.41) is 4.52. The van der Waals surface area contributed by atoms with Gasteiger partial charge in [0.05, 0.1) is 5.39 Å². The van der Waals surface area contributed by atoms with Crippen molar-refractivity contribution in [1.29, 1.82) is 0 Å². The zero-order chi connectivity index (χ0) is 6.97. The molecule has 0 aliphatic carbocycles. The van der Waals surface area contributed by atoms with Crippen LogP contribution in [0.5, 0.6) is 0 Å². The lowest BCUT2D eigenvalue weighted by atomic mass is 10.4. The van der Waals surface area contributed by atoms with Crippen LogP contribution >= 0.6 is 12.6 Å². The Kier molecular flexibility index (Phi) is 1.14. The Hall–Kier alpha value is -1.03. The summed E-state index contributed by atoms with van der Waals surface area (Å²) in [5.74, 6) is 0. The predicted octanol–water partition coefficient (Wildman–Crippen LogP) is 1.51. The highest BCUT2D eigenvalue weighted by Crippen LogP contribution is 2.12. The minimum absolute atomic E-state index is 0.623. The van der Waals surface area contributed by atoms with E-state index in [2.05, 4.69) is 27.3 Å². The van der Waals surface area contributed by atoms with Gasteiger partial charge < -0.3 is 4.52 Å². The van der Waals surface area contributed by atoms with Crippen LogP contribution in [0, 0.1) is 0 Å². The van der Waals surface area contributed by atoms with Crippen LogP contribution in [0.2, 0.25) is 0 Å². The molecule has 0 bridgehead atoms. The second-order valence-corrected chi connectivity index (χ2v) is 2.44. The monoisotopic (exact) mass is 152 g/mol. The van der Waals surface area contributed by atoms with Crippen molar-refractivity contribution in [3.8, 4) is 0 Å². The van der Waals surface area contributed by atoms with Gasteiger partial charge in [-0.1, -0.05) is 5.16 Å². The van der Waals surface area contributed by atoms with E-state index in [9.17, 15) is 0 Å². The number of fused-ring (bicyclic) bond motifs is 1. The predicted molar refractivity (Wildman–Crippen MR) is 39.1 cm³/mol. The van der Waals surface area contributed by atoms with Gasteiger partial charge in [0.15, 0.2) is 0 Å². The highest BCUT2D eigenvalue weighted by molar-refractivity contribution is 7.80. The Labute approximate surface area is 62.5 Å². The van der Waals surface area contributed by atoms with Crippen molar-refractivity contribution in [2.45, 2.75) is 4.90 Å². The fourth-order valence-corrected chi connectivity index (χ4v) is 0.956. The normalized spacial score (nSPS) is 10.5. The number of nitrogens with zero attached hydrogens (tertiary/aromatic N) is 2. The van der Waals surface area contributed by atoms with E-state index in [1.807, 2.05) is 6.07 Å². The van der Waals surface area contributed by atoms with Gasteiger partial charge in [0, 0.05) is 11.1 Å². The average Bonchev–Trinajstić information content (AvgIpc) is 2.33. The lowest BCUT2D eigenvalue weighted by Gasteiger charge is -1.85. The van der Waals surface area contributed by atoms with Crippen LogP contribution < -0.4 is 0 Å². The molecule has 2 aromatic heterocycles. The topological polar surface area (TPSA) is 38.9 Å². The molecule has 0 radical (unpaired) electrons. The summed E-state index contributed by atoms with van der Waals surface area (Å²) in [4.78, 5) is 4.77. The van der Waals surface area contributed by atoms with E-state index in [-0.39, 0.29) is 0 Å². The van der Waals surface area contributed by atoms with E-state index < -0.39 is 0 Å². The van der Waals surface area contributed by atoms with Crippen molar-refractivity contribution in [2.75, 3.05) is 0 Å². The van der Waals surface area contributed by atoms with Gasteiger partial charge in [0.25, 0.3) is 0 Å². The highest BCUT2D eigenvalue weighted by atomic mass is 32.1. The summed E-state index contributed by atoms with van der Waals surface area (Å²) in [6.45, 7) is 0. The minimum Gasteiger partial charge on any atom is -0.362 e. The Morgan fingerprint density at radius 2 is 2.40 bits per heavy atom. The van der Waals surface area contributed by atoms with Crippen molar-refractivity contribution in [3.05, 3.63) is 18.5 Å². The molecule has 0 spiro atoms. The number of hydrogen-bond acceptors (Lipinski definition) is 4. The van der Waals surface area contributed by atoms with Crippen molar-refractivity contribution in [3.63, 3.8) is 0 Å². The van der Waals surface area contributed by atoms with Crippen LogP contribution in [0.3, 0.4) is 0 Å². The zero-order valence-electron chi connectivity index (χ0n) is 4.98. The number of aromatic nitrogens is 2. The van der Waals surface area contributed by atoms with Crippen LogP contribution in [0.15, 0.2) is 27.9 Å². The Balaban J connectivity index is 2.86. The van der Waals surface area contributed by atoms with Gasteiger partial charge in [0.1, 0.15) is 6.26 Å². The maximum absolute atomic E-state index is 4.67. The minimum atomic E-state index is 0.623. The summed E-state index contributed by atoms with van der Waals surface area (Å²) in [5.41, 5.74) is 0.623. The fraction of sp³-hybridized carbons (Fsp3) is 0. The summed E-state index contributed by atoms with van der Waals surface area (Å²) in [6, 6.07) is 1.85. The van der Waals surface area contributed by atoms with E-state index in [4.69, 9.17) is 0 Å². The van der Waals surface area contributed by atoms with E-state index in [0.717, 1.165) is 10.3 Å². The molecule has 0 saturated heterocycles. The molecule has 0 aromatic carbocycles. The Morgan fingerprint density at radius 3 is 3.30 bits per heavy atom. The lowest BCUT2D eigenvalue weighted by molar-refractivity contribution is 0.426. The molecule has 3 nitrogen and oxygen atoms in total. The third-order valence-corrected chi connectivity index (χ3v) is 1.44. The largest absolute Gasteiger partial charge is 0.362 e. The van der Waals surface area contributed by atoms with Crippen LogP contribution in [0.4, 0.5) is 0 Å². The molecule has 0 N–H and O–H groups in total. The zero-order valence-corrected chi connectivity index (χ0v) is 5.88. The number of rotatable bonds is 0. The highest BCUT2D eigenvalue weighted by Gasteiger charge is 1.97. The van der Waals surface area contributed by atoms with Gasteiger partial charge >= 0.3 is 0 Å². The van der Waals surface area contributed by atoms with Crippen LogP contribution in [0.25, 0.3) is 11.0 Å². The van der Waals surface area contributed by atoms with Gasteiger partial charge in [-0.2, -0.15) is 0 Å². The van der Waals surface area contributed by atoms with Gasteiger partial charge in [-0.05, 0) is 6.07 Å². The van der Waals surface area contributed by atoms with Crippen LogP contribution in [0.1, 0.15) is 0 Å². The average molecular weight is 152 g/mol. The molecule has 0 fully saturated rings. The van der Waals surface area contributed by atoms with Gasteiger partial charge in [-0.15, -0.1) is 12.6 Å². The second-order valence-electron chi connectivity index (χ2n) is 1.92. The molecule has 2 rings (SSSR count). The van der Waals surface area contributed by atoms with Gasteiger partial charge in [0.2, 0.25) is 5.65 Å². The van der Waals surface area contributed by atoms with E-state index >= 15 is 0 Å². The van der Waals surface area contributed by atoms with Crippen molar-refractivity contribution >= 4 is 23.7 Å². The molecular weight excluding hydrogens is 148 g/mol. The standard InChI is InChI=1S/C6H4N2OS/c10-5-1-4-3-9-8-6(4)7-2-5/h1-3,10H. The maximum atomic E-state index is 4.67. The third kappa shape index (κ3) is 0.769. The summed E-state index contributed by atoms with van der Waals surface area (Å²) < 4.78 is 4.67. The number of thiol groups is 1. The first-order valence-electron chi connectivity index (χ1n) is 2.75. The van der Waals surface area contributed by atoms with Crippen LogP contribution in [-0.2, 0) is 0 Å². The summed E-state index contributed by atoms with van der Waals surface area (Å²) in [6.07, 6.45) is 3.18.